The van der Waals surface area contributed by atoms with Crippen molar-refractivity contribution in [2.24, 2.45) is 11.8 Å². The summed E-state index contributed by atoms with van der Waals surface area (Å²) in [4.78, 5) is 0. The van der Waals surface area contributed by atoms with E-state index in [0.29, 0.717) is 12.5 Å². The molecule has 0 aliphatic rings. The Kier molecular flexibility index (Phi) is 10.4. The van der Waals surface area contributed by atoms with Gasteiger partial charge in [0.15, 0.2) is 0 Å². The van der Waals surface area contributed by atoms with E-state index >= 15 is 0 Å². The highest BCUT2D eigenvalue weighted by atomic mass is 16.3. The van der Waals surface area contributed by atoms with Crippen molar-refractivity contribution in [3.63, 3.8) is 0 Å². The molecule has 0 spiro atoms. The van der Waals surface area contributed by atoms with Gasteiger partial charge in [-0.2, -0.15) is 0 Å². The van der Waals surface area contributed by atoms with Gasteiger partial charge in [0.05, 0.1) is 0 Å². The molecule has 1 heteroatoms. The summed E-state index contributed by atoms with van der Waals surface area (Å²) in [5.74, 6) is 1.27. The largest absolute Gasteiger partial charge is 0.396 e. The van der Waals surface area contributed by atoms with Crippen LogP contribution in [0, 0.1) is 11.8 Å². The van der Waals surface area contributed by atoms with Gasteiger partial charge in [0.25, 0.3) is 0 Å². The standard InChI is InChI=1S/C4H10O.C4H10/c1-4(2)3-5;1-4(2)3/h4-5H,3H2,1-2H3;4H,1-3H3. The Balaban J connectivity index is 0. The van der Waals surface area contributed by atoms with Crippen LogP contribution >= 0.6 is 0 Å². The van der Waals surface area contributed by atoms with Crippen molar-refractivity contribution < 1.29 is 5.11 Å². The quantitative estimate of drug-likeness (QED) is 0.580. The molecule has 9 heavy (non-hydrogen) atoms. The van der Waals surface area contributed by atoms with Crippen LogP contribution in [0.15, 0.2) is 0 Å². The van der Waals surface area contributed by atoms with Crippen molar-refractivity contribution in [1.82, 2.24) is 0 Å². The van der Waals surface area contributed by atoms with E-state index in [-0.39, 0.29) is 0 Å². The van der Waals surface area contributed by atoms with E-state index in [4.69, 9.17) is 5.11 Å². The summed E-state index contributed by atoms with van der Waals surface area (Å²) in [6.45, 7) is 10.7. The van der Waals surface area contributed by atoms with E-state index < -0.39 is 0 Å². The van der Waals surface area contributed by atoms with E-state index in [1.807, 2.05) is 13.8 Å². The molecule has 0 atom stereocenters. The van der Waals surface area contributed by atoms with Crippen LogP contribution < -0.4 is 0 Å². The Bertz CT molecular complexity index is 37.1. The maximum Gasteiger partial charge on any atom is 0.0453 e. The summed E-state index contributed by atoms with van der Waals surface area (Å²) < 4.78 is 0. The minimum absolute atomic E-state index is 0.306. The van der Waals surface area contributed by atoms with Gasteiger partial charge >= 0.3 is 0 Å². The van der Waals surface area contributed by atoms with Crippen LogP contribution in [-0.4, -0.2) is 11.7 Å². The van der Waals surface area contributed by atoms with Crippen LogP contribution in [0.5, 0.6) is 0 Å². The summed E-state index contributed by atoms with van der Waals surface area (Å²) in [6.07, 6.45) is 0. The third-order valence-corrected chi connectivity index (χ3v) is 0.365. The van der Waals surface area contributed by atoms with Crippen LogP contribution in [0.3, 0.4) is 0 Å². The molecule has 0 aromatic rings. The highest BCUT2D eigenvalue weighted by Gasteiger charge is 1.81. The topological polar surface area (TPSA) is 20.2 Å². The zero-order valence-electron chi connectivity index (χ0n) is 7.31. The first-order valence-electron chi connectivity index (χ1n) is 3.61. The van der Waals surface area contributed by atoms with Crippen LogP contribution in [0.4, 0.5) is 0 Å². The van der Waals surface area contributed by atoms with Crippen molar-refractivity contribution in [1.29, 1.82) is 0 Å². The third kappa shape index (κ3) is 73.6. The van der Waals surface area contributed by atoms with Crippen molar-refractivity contribution in [3.05, 3.63) is 0 Å². The SMILES string of the molecule is CC(C)C.CC(C)CO. The van der Waals surface area contributed by atoms with E-state index in [1.54, 1.807) is 0 Å². The van der Waals surface area contributed by atoms with Crippen LogP contribution in [0.2, 0.25) is 0 Å². The number of aliphatic hydroxyl groups is 1. The van der Waals surface area contributed by atoms with Crippen molar-refractivity contribution in [2.45, 2.75) is 34.6 Å². The second-order valence-corrected chi connectivity index (χ2v) is 3.31. The van der Waals surface area contributed by atoms with Gasteiger partial charge in [-0.3, -0.25) is 0 Å². The molecular weight excluding hydrogens is 112 g/mol. The molecule has 0 saturated carbocycles. The minimum atomic E-state index is 0.306. The highest BCUT2D eigenvalue weighted by molar-refractivity contribution is 4.32. The molecule has 1 nitrogen and oxygen atoms in total. The molecule has 0 aliphatic carbocycles. The summed E-state index contributed by atoms with van der Waals surface area (Å²) in [5.41, 5.74) is 0. The van der Waals surface area contributed by atoms with Gasteiger partial charge in [0, 0.05) is 6.61 Å². The van der Waals surface area contributed by atoms with E-state index in [9.17, 15) is 0 Å². The first-order valence-corrected chi connectivity index (χ1v) is 3.61. The predicted octanol–water partition coefficient (Wildman–Crippen LogP) is 2.30. The van der Waals surface area contributed by atoms with Gasteiger partial charge in [-0.15, -0.1) is 0 Å². The molecule has 1 N–H and O–H groups in total. The van der Waals surface area contributed by atoms with Gasteiger partial charge in [0.2, 0.25) is 0 Å². The number of hydrogen-bond acceptors (Lipinski definition) is 1. The predicted molar refractivity (Wildman–Crippen MR) is 42.4 cm³/mol. The van der Waals surface area contributed by atoms with Gasteiger partial charge in [-0.1, -0.05) is 34.6 Å². The first-order chi connectivity index (χ1) is 4.00. The summed E-state index contributed by atoms with van der Waals surface area (Å²) in [6, 6.07) is 0. The van der Waals surface area contributed by atoms with Crippen molar-refractivity contribution >= 4 is 0 Å². The van der Waals surface area contributed by atoms with Gasteiger partial charge in [0.1, 0.15) is 0 Å². The molecule has 0 heterocycles. The summed E-state index contributed by atoms with van der Waals surface area (Å²) in [5, 5.41) is 8.14. The molecule has 0 unspecified atom stereocenters. The molecule has 0 fully saturated rings. The molecule has 0 bridgehead atoms. The molecule has 0 radical (unpaired) electrons. The summed E-state index contributed by atoms with van der Waals surface area (Å²) in [7, 11) is 0. The second-order valence-electron chi connectivity index (χ2n) is 3.31. The fraction of sp³-hybridized carbons (Fsp3) is 1.00. The molecule has 0 amide bonds. The van der Waals surface area contributed by atoms with Gasteiger partial charge < -0.3 is 5.11 Å². The Labute approximate surface area is 59.1 Å². The highest BCUT2D eigenvalue weighted by Crippen LogP contribution is 1.83. The smallest absolute Gasteiger partial charge is 0.0453 e. The van der Waals surface area contributed by atoms with Gasteiger partial charge in [-0.05, 0) is 11.8 Å². The maximum atomic E-state index is 8.14. The summed E-state index contributed by atoms with van der Waals surface area (Å²) >= 11 is 0. The van der Waals surface area contributed by atoms with E-state index in [0.717, 1.165) is 5.92 Å². The normalized spacial score (nSPS) is 9.33. The lowest BCUT2D eigenvalue weighted by molar-refractivity contribution is 0.248. The Hall–Kier alpha value is -0.0400. The van der Waals surface area contributed by atoms with E-state index in [2.05, 4.69) is 20.8 Å². The zero-order valence-corrected chi connectivity index (χ0v) is 7.31. The fourth-order valence-electron chi connectivity index (χ4n) is 0. The van der Waals surface area contributed by atoms with Crippen LogP contribution in [-0.2, 0) is 0 Å². The molecular formula is C8H20O. The molecule has 0 aromatic heterocycles. The Morgan fingerprint density at radius 1 is 1.00 bits per heavy atom. The first kappa shape index (κ1) is 11.7. The molecule has 0 aliphatic heterocycles. The Morgan fingerprint density at radius 3 is 1.11 bits per heavy atom. The number of rotatable bonds is 1. The van der Waals surface area contributed by atoms with Crippen LogP contribution in [0.25, 0.3) is 0 Å². The average molecular weight is 132 g/mol. The fourth-order valence-corrected chi connectivity index (χ4v) is 0. The Morgan fingerprint density at radius 2 is 1.11 bits per heavy atom. The molecule has 58 valence electrons. The lowest BCUT2D eigenvalue weighted by Gasteiger charge is -1.90. The number of hydrogen-bond donors (Lipinski definition) is 1. The minimum Gasteiger partial charge on any atom is -0.396 e. The zero-order chi connectivity index (χ0) is 7.86. The molecule has 0 rings (SSSR count). The van der Waals surface area contributed by atoms with E-state index in [1.165, 1.54) is 0 Å². The lowest BCUT2D eigenvalue weighted by atomic mass is 10.2. The molecule has 0 saturated heterocycles. The third-order valence-electron chi connectivity index (χ3n) is 0.365. The molecule has 0 aromatic carbocycles. The number of aliphatic hydroxyl groups excluding tert-OH is 1. The maximum absolute atomic E-state index is 8.14. The monoisotopic (exact) mass is 132 g/mol. The average Bonchev–Trinajstić information content (AvgIpc) is 1.65. The van der Waals surface area contributed by atoms with Crippen LogP contribution in [0.1, 0.15) is 34.6 Å². The lowest BCUT2D eigenvalue weighted by Crippen LogP contribution is -1.90. The second kappa shape index (κ2) is 7.96. The van der Waals surface area contributed by atoms with Crippen molar-refractivity contribution in [3.8, 4) is 0 Å². The van der Waals surface area contributed by atoms with Crippen molar-refractivity contribution in [2.75, 3.05) is 6.61 Å². The van der Waals surface area contributed by atoms with Gasteiger partial charge in [-0.25, -0.2) is 0 Å².